The van der Waals surface area contributed by atoms with Crippen LogP contribution in [0.15, 0.2) is 24.4 Å². The zero-order chi connectivity index (χ0) is 16.2. The molecule has 1 N–H and O–H groups in total. The van der Waals surface area contributed by atoms with E-state index in [1.54, 1.807) is 4.80 Å². The zero-order valence-corrected chi connectivity index (χ0v) is 14.1. The Bertz CT molecular complexity index is 770. The molecule has 0 radical (unpaired) electrons. The summed E-state index contributed by atoms with van der Waals surface area (Å²) in [5.74, 6) is 0.703. The number of tetrazole rings is 1. The fraction of sp³-hybridized carbons (Fsp3) is 0.471. The maximum atomic E-state index is 4.26. The molecule has 0 saturated carbocycles. The minimum Gasteiger partial charge on any atom is -0.361 e. The van der Waals surface area contributed by atoms with Gasteiger partial charge in [0.15, 0.2) is 5.82 Å². The van der Waals surface area contributed by atoms with Crippen LogP contribution < -0.4 is 0 Å². The zero-order valence-electron chi connectivity index (χ0n) is 14.1. The Morgan fingerprint density at radius 2 is 2.09 bits per heavy atom. The van der Waals surface area contributed by atoms with E-state index in [0.29, 0.717) is 12.4 Å². The molecule has 3 rings (SSSR count). The summed E-state index contributed by atoms with van der Waals surface area (Å²) in [6.07, 6.45) is 5.68. The summed E-state index contributed by atoms with van der Waals surface area (Å²) < 4.78 is 0. The first-order chi connectivity index (χ1) is 11.1. The van der Waals surface area contributed by atoms with Crippen molar-refractivity contribution in [2.75, 3.05) is 20.6 Å². The number of unbranched alkanes of at least 4 members (excludes halogenated alkanes) is 1. The lowest BCUT2D eigenvalue weighted by atomic mass is 10.0. The molecule has 6 nitrogen and oxygen atoms in total. The van der Waals surface area contributed by atoms with E-state index in [1.807, 2.05) is 6.92 Å². The van der Waals surface area contributed by atoms with Crippen molar-refractivity contribution in [2.24, 2.45) is 0 Å². The summed E-state index contributed by atoms with van der Waals surface area (Å²) in [6.45, 7) is 3.65. The molecule has 0 unspecified atom stereocenters. The van der Waals surface area contributed by atoms with E-state index >= 15 is 0 Å². The molecule has 23 heavy (non-hydrogen) atoms. The molecule has 0 aliphatic heterocycles. The molecule has 2 heterocycles. The second-order valence-electron chi connectivity index (χ2n) is 6.32. The van der Waals surface area contributed by atoms with Gasteiger partial charge < -0.3 is 9.88 Å². The molecular formula is C17H24N6. The first-order valence-corrected chi connectivity index (χ1v) is 8.10. The van der Waals surface area contributed by atoms with Crippen LogP contribution in [0.2, 0.25) is 0 Å². The molecule has 122 valence electrons. The fourth-order valence-electron chi connectivity index (χ4n) is 2.83. The first-order valence-electron chi connectivity index (χ1n) is 8.10. The molecular weight excluding hydrogens is 288 g/mol. The quantitative estimate of drug-likeness (QED) is 0.681. The van der Waals surface area contributed by atoms with Gasteiger partial charge in [-0.15, -0.1) is 10.2 Å². The Kier molecular flexibility index (Phi) is 4.71. The summed E-state index contributed by atoms with van der Waals surface area (Å²) in [6, 6.07) is 6.50. The van der Waals surface area contributed by atoms with E-state index in [2.05, 4.69) is 63.8 Å². The number of rotatable bonds is 7. The number of hydrogen-bond donors (Lipinski definition) is 1. The Balaban J connectivity index is 1.71. The summed E-state index contributed by atoms with van der Waals surface area (Å²) in [7, 11) is 4.25. The predicted octanol–water partition coefficient (Wildman–Crippen LogP) is 2.40. The van der Waals surface area contributed by atoms with E-state index in [4.69, 9.17) is 0 Å². The van der Waals surface area contributed by atoms with E-state index < -0.39 is 0 Å². The van der Waals surface area contributed by atoms with Gasteiger partial charge in [-0.2, -0.15) is 4.80 Å². The minimum absolute atomic E-state index is 0.655. The number of fused-ring (bicyclic) bond motifs is 1. The highest BCUT2D eigenvalue weighted by Gasteiger charge is 2.06. The highest BCUT2D eigenvalue weighted by atomic mass is 15.6. The van der Waals surface area contributed by atoms with Crippen molar-refractivity contribution >= 4 is 10.9 Å². The summed E-state index contributed by atoms with van der Waals surface area (Å²) in [5.41, 5.74) is 3.78. The van der Waals surface area contributed by atoms with Crippen molar-refractivity contribution in [1.82, 2.24) is 30.1 Å². The third-order valence-corrected chi connectivity index (χ3v) is 4.01. The van der Waals surface area contributed by atoms with Crippen LogP contribution in [0.25, 0.3) is 10.9 Å². The standard InChI is InChI=1S/C17H24N6/c1-13-19-21-23(20-13)12-14-7-8-17-16(10-14)15(11-18-17)6-4-5-9-22(2)3/h7-8,10-11,18H,4-6,9,12H2,1-3H3. The van der Waals surface area contributed by atoms with Crippen LogP contribution in [0.1, 0.15) is 29.8 Å². The van der Waals surface area contributed by atoms with E-state index in [1.165, 1.54) is 34.9 Å². The molecule has 2 aromatic heterocycles. The van der Waals surface area contributed by atoms with Crippen LogP contribution in [0.3, 0.4) is 0 Å². The van der Waals surface area contributed by atoms with Gasteiger partial charge in [-0.25, -0.2) is 0 Å². The number of nitrogens with one attached hydrogen (secondary N) is 1. The lowest BCUT2D eigenvalue weighted by molar-refractivity contribution is 0.394. The number of hydrogen-bond acceptors (Lipinski definition) is 4. The molecule has 0 aliphatic rings. The highest BCUT2D eigenvalue weighted by molar-refractivity contribution is 5.83. The average molecular weight is 312 g/mol. The number of aromatic amines is 1. The van der Waals surface area contributed by atoms with Crippen molar-refractivity contribution in [3.05, 3.63) is 41.3 Å². The van der Waals surface area contributed by atoms with Crippen LogP contribution in [0, 0.1) is 6.92 Å². The van der Waals surface area contributed by atoms with Gasteiger partial charge in [-0.05, 0) is 75.3 Å². The van der Waals surface area contributed by atoms with E-state index in [-0.39, 0.29) is 0 Å². The summed E-state index contributed by atoms with van der Waals surface area (Å²) in [5, 5.41) is 13.5. The van der Waals surface area contributed by atoms with Gasteiger partial charge in [0.25, 0.3) is 0 Å². The molecule has 1 aromatic carbocycles. The number of H-pyrrole nitrogens is 1. The lowest BCUT2D eigenvalue weighted by Gasteiger charge is -2.08. The molecule has 0 amide bonds. The highest BCUT2D eigenvalue weighted by Crippen LogP contribution is 2.22. The lowest BCUT2D eigenvalue weighted by Crippen LogP contribution is -2.12. The second-order valence-corrected chi connectivity index (χ2v) is 6.32. The third-order valence-electron chi connectivity index (χ3n) is 4.01. The van der Waals surface area contributed by atoms with Crippen molar-refractivity contribution in [3.8, 4) is 0 Å². The smallest absolute Gasteiger partial charge is 0.171 e. The van der Waals surface area contributed by atoms with Gasteiger partial charge in [0, 0.05) is 17.1 Å². The summed E-state index contributed by atoms with van der Waals surface area (Å²) in [4.78, 5) is 7.25. The SMILES string of the molecule is Cc1nnn(Cc2ccc3[nH]cc(CCCCN(C)C)c3c2)n1. The second kappa shape index (κ2) is 6.91. The number of aromatic nitrogens is 5. The monoisotopic (exact) mass is 312 g/mol. The number of aryl methyl sites for hydroxylation is 2. The van der Waals surface area contributed by atoms with Crippen molar-refractivity contribution in [2.45, 2.75) is 32.7 Å². The molecule has 0 saturated heterocycles. The molecule has 6 heteroatoms. The third kappa shape index (κ3) is 3.96. The molecule has 0 bridgehead atoms. The minimum atomic E-state index is 0.655. The summed E-state index contributed by atoms with van der Waals surface area (Å²) >= 11 is 0. The van der Waals surface area contributed by atoms with E-state index in [0.717, 1.165) is 13.0 Å². The van der Waals surface area contributed by atoms with Gasteiger partial charge in [-0.1, -0.05) is 6.07 Å². The Morgan fingerprint density at radius 3 is 2.83 bits per heavy atom. The van der Waals surface area contributed by atoms with Crippen LogP contribution in [0.5, 0.6) is 0 Å². The number of benzene rings is 1. The molecule has 0 spiro atoms. The maximum absolute atomic E-state index is 4.26. The molecule has 3 aromatic rings. The van der Waals surface area contributed by atoms with Gasteiger partial charge in [-0.3, -0.25) is 0 Å². The number of nitrogens with zero attached hydrogens (tertiary/aromatic N) is 5. The van der Waals surface area contributed by atoms with Crippen LogP contribution >= 0.6 is 0 Å². The largest absolute Gasteiger partial charge is 0.361 e. The molecule has 0 fully saturated rings. The maximum Gasteiger partial charge on any atom is 0.171 e. The predicted molar refractivity (Wildman–Crippen MR) is 91.4 cm³/mol. The van der Waals surface area contributed by atoms with Gasteiger partial charge >= 0.3 is 0 Å². The van der Waals surface area contributed by atoms with Gasteiger partial charge in [0.2, 0.25) is 0 Å². The van der Waals surface area contributed by atoms with Crippen LogP contribution in [-0.2, 0) is 13.0 Å². The normalized spacial score (nSPS) is 11.7. The van der Waals surface area contributed by atoms with Crippen LogP contribution in [0.4, 0.5) is 0 Å². The molecule has 0 aliphatic carbocycles. The fourth-order valence-corrected chi connectivity index (χ4v) is 2.83. The van der Waals surface area contributed by atoms with Gasteiger partial charge in [0.1, 0.15) is 0 Å². The van der Waals surface area contributed by atoms with Crippen molar-refractivity contribution < 1.29 is 0 Å². The van der Waals surface area contributed by atoms with Crippen molar-refractivity contribution in [1.29, 1.82) is 0 Å². The molecule has 0 atom stereocenters. The van der Waals surface area contributed by atoms with E-state index in [9.17, 15) is 0 Å². The Hall–Kier alpha value is -2.21. The van der Waals surface area contributed by atoms with Crippen molar-refractivity contribution in [3.63, 3.8) is 0 Å². The topological polar surface area (TPSA) is 62.6 Å². The Morgan fingerprint density at radius 1 is 1.22 bits per heavy atom. The first kappa shape index (κ1) is 15.7. The average Bonchev–Trinajstić information content (AvgIpc) is 3.10. The Labute approximate surface area is 136 Å². The van der Waals surface area contributed by atoms with Crippen LogP contribution in [-0.4, -0.2) is 50.7 Å². The van der Waals surface area contributed by atoms with Gasteiger partial charge in [0.05, 0.1) is 6.54 Å².